The van der Waals surface area contributed by atoms with Gasteiger partial charge in [0.25, 0.3) is 0 Å². The molecule has 0 radical (unpaired) electrons. The molecular weight excluding hydrogens is 554 g/mol. The summed E-state index contributed by atoms with van der Waals surface area (Å²) in [5, 5.41) is -0.253. The Labute approximate surface area is 230 Å². The van der Waals surface area contributed by atoms with Crippen molar-refractivity contribution in [2.75, 3.05) is 20.0 Å². The number of halogens is 3. The Balaban J connectivity index is 1.73. The van der Waals surface area contributed by atoms with E-state index in [0.717, 1.165) is 24.1 Å². The zero-order valence-corrected chi connectivity index (χ0v) is 23.3. The fourth-order valence-corrected chi connectivity index (χ4v) is 6.34. The van der Waals surface area contributed by atoms with Crippen molar-refractivity contribution in [2.45, 2.75) is 50.4 Å². The first-order chi connectivity index (χ1) is 18.5. The molecule has 0 aliphatic heterocycles. The first-order valence-electron chi connectivity index (χ1n) is 12.3. The average molecular weight is 583 g/mol. The third-order valence-electron chi connectivity index (χ3n) is 6.99. The van der Waals surface area contributed by atoms with Crippen LogP contribution in [0.25, 0.3) is 0 Å². The van der Waals surface area contributed by atoms with Crippen molar-refractivity contribution in [3.8, 4) is 5.75 Å². The van der Waals surface area contributed by atoms with Crippen molar-refractivity contribution in [2.24, 2.45) is 0 Å². The smallest absolute Gasteiger partial charge is 0.360 e. The number of ether oxygens (including phenoxy) is 2. The molecule has 210 valence electrons. The summed E-state index contributed by atoms with van der Waals surface area (Å²) in [6.07, 6.45) is 0.832. The summed E-state index contributed by atoms with van der Waals surface area (Å²) in [7, 11) is -2.19. The fraction of sp³-hybridized carbons (Fsp3) is 0.407. The van der Waals surface area contributed by atoms with Crippen LogP contribution in [0.2, 0.25) is 5.02 Å². The number of aromatic nitrogens is 1. The minimum Gasteiger partial charge on any atom is -0.497 e. The second kappa shape index (κ2) is 11.6. The second-order valence-electron chi connectivity index (χ2n) is 9.50. The molecule has 0 spiro atoms. The summed E-state index contributed by atoms with van der Waals surface area (Å²) in [5.41, 5.74) is -0.780. The summed E-state index contributed by atoms with van der Waals surface area (Å²) in [5.74, 6) is -0.868. The van der Waals surface area contributed by atoms with E-state index in [1.165, 1.54) is 23.5 Å². The molecule has 4 rings (SSSR count). The van der Waals surface area contributed by atoms with E-state index in [0.29, 0.717) is 5.75 Å². The van der Waals surface area contributed by atoms with Gasteiger partial charge in [-0.05, 0) is 61.6 Å². The van der Waals surface area contributed by atoms with Crippen molar-refractivity contribution < 1.29 is 35.9 Å². The number of oxazole rings is 1. The summed E-state index contributed by atoms with van der Waals surface area (Å²) in [6, 6.07) is 9.90. The van der Waals surface area contributed by atoms with Crippen molar-refractivity contribution in [3.05, 3.63) is 82.3 Å². The number of hydrogen-bond acceptors (Lipinski definition) is 7. The number of alkyl halides is 1. The van der Waals surface area contributed by atoms with Crippen LogP contribution >= 0.6 is 11.6 Å². The highest BCUT2D eigenvalue weighted by Gasteiger charge is 2.53. The number of methoxy groups -OCH3 is 1. The van der Waals surface area contributed by atoms with Gasteiger partial charge in [-0.1, -0.05) is 29.8 Å². The predicted octanol–water partition coefficient (Wildman–Crippen LogP) is 5.62. The lowest BCUT2D eigenvalue weighted by Gasteiger charge is -2.32. The van der Waals surface area contributed by atoms with E-state index in [1.54, 1.807) is 31.2 Å². The van der Waals surface area contributed by atoms with Gasteiger partial charge in [-0.2, -0.15) is 4.31 Å². The van der Waals surface area contributed by atoms with Crippen LogP contribution in [0.15, 0.2) is 53.1 Å². The zero-order chi connectivity index (χ0) is 28.4. The molecule has 3 atom stereocenters. The Morgan fingerprint density at radius 1 is 1.28 bits per heavy atom. The van der Waals surface area contributed by atoms with Crippen LogP contribution in [0.1, 0.15) is 59.9 Å². The standard InChI is InChI=1S/C27H29ClF2N2O6S/c1-4-37-25(33)23-16-38-26(31-23)27(24(30)18-7-10-22(29)21(28)13-18)12-11-19(14-27)32(39(3,34)35)15-17-5-8-20(36-2)9-6-17/h5-10,13,16,19,24H,4,11-12,14-15H2,1-3H3/t19-,24?,27-/m0/s1. The molecule has 1 fully saturated rings. The van der Waals surface area contributed by atoms with E-state index >= 15 is 4.39 Å². The molecule has 1 saturated carbocycles. The van der Waals surface area contributed by atoms with Gasteiger partial charge in [-0.25, -0.2) is 27.0 Å². The lowest BCUT2D eigenvalue weighted by molar-refractivity contribution is 0.0519. The molecule has 2 aromatic carbocycles. The first kappa shape index (κ1) is 29.0. The molecule has 8 nitrogen and oxygen atoms in total. The number of hydrogen-bond donors (Lipinski definition) is 0. The van der Waals surface area contributed by atoms with E-state index in [1.807, 2.05) is 0 Å². The molecule has 0 saturated heterocycles. The van der Waals surface area contributed by atoms with Gasteiger partial charge < -0.3 is 13.9 Å². The number of esters is 1. The van der Waals surface area contributed by atoms with Crippen LogP contribution in [0, 0.1) is 5.82 Å². The van der Waals surface area contributed by atoms with Crippen LogP contribution in [0.3, 0.4) is 0 Å². The Kier molecular flexibility index (Phi) is 8.63. The second-order valence-corrected chi connectivity index (χ2v) is 11.8. The molecule has 0 bridgehead atoms. The van der Waals surface area contributed by atoms with Crippen LogP contribution in [-0.2, 0) is 26.7 Å². The highest BCUT2D eigenvalue weighted by Crippen LogP contribution is 2.53. The van der Waals surface area contributed by atoms with Crippen LogP contribution < -0.4 is 4.74 Å². The lowest BCUT2D eigenvalue weighted by atomic mass is 9.77. The minimum atomic E-state index is -3.73. The topological polar surface area (TPSA) is 98.9 Å². The maximum absolute atomic E-state index is 16.5. The molecule has 0 N–H and O–H groups in total. The Hall–Kier alpha value is -3.02. The van der Waals surface area contributed by atoms with Crippen molar-refractivity contribution in [3.63, 3.8) is 0 Å². The molecule has 1 aliphatic carbocycles. The molecule has 1 unspecified atom stereocenters. The van der Waals surface area contributed by atoms with Gasteiger partial charge in [0.1, 0.15) is 24.0 Å². The van der Waals surface area contributed by atoms with Gasteiger partial charge in [0.05, 0.1) is 30.4 Å². The predicted molar refractivity (Wildman–Crippen MR) is 140 cm³/mol. The average Bonchev–Trinajstić information content (AvgIpc) is 3.57. The number of rotatable bonds is 10. The van der Waals surface area contributed by atoms with Gasteiger partial charge in [0.15, 0.2) is 5.69 Å². The van der Waals surface area contributed by atoms with Gasteiger partial charge >= 0.3 is 5.97 Å². The van der Waals surface area contributed by atoms with E-state index in [2.05, 4.69) is 4.98 Å². The highest BCUT2D eigenvalue weighted by molar-refractivity contribution is 7.88. The molecular formula is C27H29ClF2N2O6S. The molecule has 1 heterocycles. The van der Waals surface area contributed by atoms with Gasteiger partial charge in [-0.15, -0.1) is 0 Å². The molecule has 0 amide bonds. The lowest BCUT2D eigenvalue weighted by Crippen LogP contribution is -2.40. The molecule has 1 aliphatic rings. The fourth-order valence-electron chi connectivity index (χ4n) is 5.05. The van der Waals surface area contributed by atoms with Crippen molar-refractivity contribution >= 4 is 27.6 Å². The first-order valence-corrected chi connectivity index (χ1v) is 14.5. The third-order valence-corrected chi connectivity index (χ3v) is 8.56. The number of carbonyl (C=O) groups excluding carboxylic acids is 1. The monoisotopic (exact) mass is 582 g/mol. The molecule has 12 heteroatoms. The van der Waals surface area contributed by atoms with Crippen molar-refractivity contribution in [1.82, 2.24) is 9.29 Å². The Morgan fingerprint density at radius 3 is 2.62 bits per heavy atom. The summed E-state index contributed by atoms with van der Waals surface area (Å²) in [6.45, 7) is 1.81. The largest absolute Gasteiger partial charge is 0.497 e. The van der Waals surface area contributed by atoms with Crippen LogP contribution in [-0.4, -0.2) is 49.7 Å². The Bertz CT molecular complexity index is 1430. The number of carbonyl (C=O) groups is 1. The van der Waals surface area contributed by atoms with Crippen LogP contribution in [0.5, 0.6) is 5.75 Å². The van der Waals surface area contributed by atoms with E-state index in [-0.39, 0.29) is 54.6 Å². The molecule has 3 aromatic rings. The quantitative estimate of drug-likeness (QED) is 0.286. The SMILES string of the molecule is CCOC(=O)c1coc([C@@]2(C(F)c3ccc(F)c(Cl)c3)CC[C@H](N(Cc3ccc(OC)cc3)S(C)(=O)=O)C2)n1. The zero-order valence-electron chi connectivity index (χ0n) is 21.7. The van der Waals surface area contributed by atoms with Crippen molar-refractivity contribution in [1.29, 1.82) is 0 Å². The summed E-state index contributed by atoms with van der Waals surface area (Å²) < 4.78 is 73.4. The minimum absolute atomic E-state index is 0.00480. The van der Waals surface area contributed by atoms with E-state index in [4.69, 9.17) is 25.5 Å². The van der Waals surface area contributed by atoms with E-state index in [9.17, 15) is 17.6 Å². The van der Waals surface area contributed by atoms with Crippen LogP contribution in [0.4, 0.5) is 8.78 Å². The van der Waals surface area contributed by atoms with Gasteiger partial charge in [0, 0.05) is 12.6 Å². The third kappa shape index (κ3) is 6.10. The normalized spacial score (nSPS) is 20.2. The summed E-state index contributed by atoms with van der Waals surface area (Å²) in [4.78, 5) is 16.5. The number of sulfonamides is 1. The van der Waals surface area contributed by atoms with Gasteiger partial charge in [-0.3, -0.25) is 0 Å². The maximum Gasteiger partial charge on any atom is 0.360 e. The van der Waals surface area contributed by atoms with Gasteiger partial charge in [0.2, 0.25) is 15.9 Å². The molecule has 1 aromatic heterocycles. The Morgan fingerprint density at radius 2 is 2.00 bits per heavy atom. The van der Waals surface area contributed by atoms with E-state index < -0.39 is 39.4 Å². The highest BCUT2D eigenvalue weighted by atomic mass is 35.5. The number of benzene rings is 2. The molecule has 39 heavy (non-hydrogen) atoms. The summed E-state index contributed by atoms with van der Waals surface area (Å²) >= 11 is 5.95. The number of nitrogens with zero attached hydrogens (tertiary/aromatic N) is 2. The maximum atomic E-state index is 16.5.